The van der Waals surface area contributed by atoms with Crippen LogP contribution < -0.4 is 5.32 Å². The van der Waals surface area contributed by atoms with E-state index in [1.54, 1.807) is 6.07 Å². The second-order valence-corrected chi connectivity index (χ2v) is 5.38. The second-order valence-electron chi connectivity index (χ2n) is 4.47. The summed E-state index contributed by atoms with van der Waals surface area (Å²) < 4.78 is 0.805. The van der Waals surface area contributed by atoms with Crippen LogP contribution in [0.25, 0.3) is 0 Å². The fourth-order valence-electron chi connectivity index (χ4n) is 2.29. The van der Waals surface area contributed by atoms with Gasteiger partial charge in [0.2, 0.25) is 0 Å². The van der Waals surface area contributed by atoms with Crippen LogP contribution in [0.1, 0.15) is 41.6 Å². The molecule has 0 heterocycles. The van der Waals surface area contributed by atoms with E-state index in [1.807, 2.05) is 12.1 Å². The van der Waals surface area contributed by atoms with E-state index >= 15 is 0 Å². The summed E-state index contributed by atoms with van der Waals surface area (Å²) in [6.07, 6.45) is 4.98. The zero-order valence-electron chi connectivity index (χ0n) is 9.58. The van der Waals surface area contributed by atoms with Gasteiger partial charge in [-0.25, -0.2) is 4.79 Å². The third-order valence-electron chi connectivity index (χ3n) is 3.24. The molecule has 0 saturated heterocycles. The van der Waals surface area contributed by atoms with Crippen LogP contribution >= 0.6 is 15.9 Å². The smallest absolute Gasteiger partial charge is 0.336 e. The topological polar surface area (TPSA) is 49.3 Å². The van der Waals surface area contributed by atoms with Crippen molar-refractivity contribution in [2.45, 2.75) is 38.3 Å². The van der Waals surface area contributed by atoms with Crippen molar-refractivity contribution in [3.63, 3.8) is 0 Å². The second kappa shape index (κ2) is 5.65. The number of carbonyl (C=O) groups is 1. The molecule has 1 aromatic rings. The van der Waals surface area contributed by atoms with E-state index in [-0.39, 0.29) is 0 Å². The highest BCUT2D eigenvalue weighted by atomic mass is 79.9. The molecular formula is C13H16BrNO2. The Bertz CT molecular complexity index is 414. The van der Waals surface area contributed by atoms with Crippen molar-refractivity contribution in [2.24, 2.45) is 0 Å². The lowest BCUT2D eigenvalue weighted by Gasteiger charge is -2.13. The van der Waals surface area contributed by atoms with Gasteiger partial charge in [-0.3, -0.25) is 0 Å². The molecule has 0 atom stereocenters. The maximum atomic E-state index is 11.1. The summed E-state index contributed by atoms with van der Waals surface area (Å²) >= 11 is 3.30. The monoisotopic (exact) mass is 297 g/mol. The van der Waals surface area contributed by atoms with Crippen LogP contribution in [-0.2, 0) is 6.54 Å². The van der Waals surface area contributed by atoms with Gasteiger partial charge < -0.3 is 10.4 Å². The van der Waals surface area contributed by atoms with E-state index in [0.717, 1.165) is 10.0 Å². The first-order valence-electron chi connectivity index (χ1n) is 5.92. The van der Waals surface area contributed by atoms with Crippen LogP contribution in [0.2, 0.25) is 0 Å². The van der Waals surface area contributed by atoms with Gasteiger partial charge in [-0.1, -0.05) is 34.8 Å². The Morgan fingerprint density at radius 1 is 1.41 bits per heavy atom. The third-order valence-corrected chi connectivity index (χ3v) is 3.73. The fraction of sp³-hybridized carbons (Fsp3) is 0.462. The average Bonchev–Trinajstić information content (AvgIpc) is 2.80. The molecule has 0 radical (unpaired) electrons. The zero-order valence-corrected chi connectivity index (χ0v) is 11.2. The number of benzene rings is 1. The molecule has 0 unspecified atom stereocenters. The highest BCUT2D eigenvalue weighted by Gasteiger charge is 2.16. The fourth-order valence-corrected chi connectivity index (χ4v) is 2.65. The maximum absolute atomic E-state index is 11.1. The Balaban J connectivity index is 2.06. The molecule has 92 valence electrons. The minimum atomic E-state index is -0.866. The molecule has 1 saturated carbocycles. The number of rotatable bonds is 4. The van der Waals surface area contributed by atoms with Crippen LogP contribution in [0.4, 0.5) is 0 Å². The summed E-state index contributed by atoms with van der Waals surface area (Å²) in [5.41, 5.74) is 1.23. The van der Waals surface area contributed by atoms with Gasteiger partial charge in [-0.15, -0.1) is 0 Å². The first kappa shape index (κ1) is 12.6. The lowest BCUT2D eigenvalue weighted by Crippen LogP contribution is -2.26. The standard InChI is InChI=1S/C13H16BrNO2/c14-10-6-5-9(12(7-10)13(16)17)8-15-11-3-1-2-4-11/h5-7,11,15H,1-4,8H2,(H,16,17). The van der Waals surface area contributed by atoms with Crippen molar-refractivity contribution in [3.8, 4) is 0 Å². The van der Waals surface area contributed by atoms with E-state index < -0.39 is 5.97 Å². The Hall–Kier alpha value is -0.870. The molecule has 0 aliphatic heterocycles. The number of nitrogens with one attached hydrogen (secondary N) is 1. The Morgan fingerprint density at radius 3 is 2.76 bits per heavy atom. The summed E-state index contributed by atoms with van der Waals surface area (Å²) in [6, 6.07) is 5.97. The van der Waals surface area contributed by atoms with E-state index in [2.05, 4.69) is 21.2 Å². The molecule has 0 spiro atoms. The van der Waals surface area contributed by atoms with Crippen LogP contribution in [0.15, 0.2) is 22.7 Å². The molecule has 4 heteroatoms. The molecule has 0 aromatic heterocycles. The number of hydrogen-bond acceptors (Lipinski definition) is 2. The van der Waals surface area contributed by atoms with Gasteiger partial charge in [0.25, 0.3) is 0 Å². The van der Waals surface area contributed by atoms with Crippen molar-refractivity contribution < 1.29 is 9.90 Å². The molecule has 1 aromatic carbocycles. The van der Waals surface area contributed by atoms with Crippen molar-refractivity contribution in [1.82, 2.24) is 5.32 Å². The van der Waals surface area contributed by atoms with Crippen molar-refractivity contribution >= 4 is 21.9 Å². The normalized spacial score (nSPS) is 16.3. The van der Waals surface area contributed by atoms with E-state index in [0.29, 0.717) is 18.2 Å². The highest BCUT2D eigenvalue weighted by Crippen LogP contribution is 2.20. The van der Waals surface area contributed by atoms with E-state index in [4.69, 9.17) is 5.11 Å². The summed E-state index contributed by atoms with van der Waals surface area (Å²) in [5.74, 6) is -0.866. The summed E-state index contributed by atoms with van der Waals surface area (Å²) in [5, 5.41) is 12.6. The van der Waals surface area contributed by atoms with Gasteiger partial charge in [0.1, 0.15) is 0 Å². The lowest BCUT2D eigenvalue weighted by molar-refractivity contribution is 0.0695. The largest absolute Gasteiger partial charge is 0.478 e. The highest BCUT2D eigenvalue weighted by molar-refractivity contribution is 9.10. The molecule has 0 amide bonds. The lowest BCUT2D eigenvalue weighted by atomic mass is 10.1. The summed E-state index contributed by atoms with van der Waals surface area (Å²) in [4.78, 5) is 11.1. The zero-order chi connectivity index (χ0) is 12.3. The van der Waals surface area contributed by atoms with Gasteiger partial charge in [0, 0.05) is 17.1 Å². The number of halogens is 1. The van der Waals surface area contributed by atoms with Crippen LogP contribution in [0, 0.1) is 0 Å². The molecule has 1 fully saturated rings. The van der Waals surface area contributed by atoms with Crippen molar-refractivity contribution in [1.29, 1.82) is 0 Å². The van der Waals surface area contributed by atoms with Crippen molar-refractivity contribution in [3.05, 3.63) is 33.8 Å². The average molecular weight is 298 g/mol. The van der Waals surface area contributed by atoms with E-state index in [1.165, 1.54) is 25.7 Å². The van der Waals surface area contributed by atoms with Gasteiger partial charge in [-0.2, -0.15) is 0 Å². The maximum Gasteiger partial charge on any atom is 0.336 e. The van der Waals surface area contributed by atoms with Crippen LogP contribution in [-0.4, -0.2) is 17.1 Å². The van der Waals surface area contributed by atoms with Crippen LogP contribution in [0.5, 0.6) is 0 Å². The molecule has 2 N–H and O–H groups in total. The molecule has 3 nitrogen and oxygen atoms in total. The molecule has 0 bridgehead atoms. The molecular weight excluding hydrogens is 282 g/mol. The molecule has 17 heavy (non-hydrogen) atoms. The summed E-state index contributed by atoms with van der Waals surface area (Å²) in [7, 11) is 0. The predicted molar refractivity (Wildman–Crippen MR) is 70.2 cm³/mol. The third kappa shape index (κ3) is 3.30. The number of carboxylic acid groups (broad SMARTS) is 1. The SMILES string of the molecule is O=C(O)c1cc(Br)ccc1CNC1CCCC1. The summed E-state index contributed by atoms with van der Waals surface area (Å²) in [6.45, 7) is 0.638. The first-order valence-corrected chi connectivity index (χ1v) is 6.71. The minimum absolute atomic E-state index is 0.380. The molecule has 1 aliphatic rings. The number of aromatic carboxylic acids is 1. The molecule has 1 aliphatic carbocycles. The number of hydrogen-bond donors (Lipinski definition) is 2. The van der Waals surface area contributed by atoms with Crippen molar-refractivity contribution in [2.75, 3.05) is 0 Å². The van der Waals surface area contributed by atoms with Gasteiger partial charge in [0.05, 0.1) is 5.56 Å². The van der Waals surface area contributed by atoms with Gasteiger partial charge >= 0.3 is 5.97 Å². The molecule has 2 rings (SSSR count). The quantitative estimate of drug-likeness (QED) is 0.897. The van der Waals surface area contributed by atoms with Crippen LogP contribution in [0.3, 0.4) is 0 Å². The Morgan fingerprint density at radius 2 is 2.12 bits per heavy atom. The number of carboxylic acids is 1. The Labute approximate surface area is 109 Å². The minimum Gasteiger partial charge on any atom is -0.478 e. The van der Waals surface area contributed by atoms with Gasteiger partial charge in [0.15, 0.2) is 0 Å². The predicted octanol–water partition coefficient (Wildman–Crippen LogP) is 3.18. The Kier molecular flexibility index (Phi) is 4.18. The first-order chi connectivity index (χ1) is 8.16. The van der Waals surface area contributed by atoms with Gasteiger partial charge in [-0.05, 0) is 30.5 Å². The van der Waals surface area contributed by atoms with E-state index in [9.17, 15) is 4.79 Å².